The van der Waals surface area contributed by atoms with Gasteiger partial charge < -0.3 is 4.74 Å². The van der Waals surface area contributed by atoms with E-state index in [1.165, 1.54) is 6.07 Å². The van der Waals surface area contributed by atoms with Crippen molar-refractivity contribution in [2.75, 3.05) is 20.2 Å². The number of piperidine rings is 1. The molecular weight excluding hydrogens is 332 g/mol. The highest BCUT2D eigenvalue weighted by Gasteiger charge is 2.20. The molecule has 5 nitrogen and oxygen atoms in total. The summed E-state index contributed by atoms with van der Waals surface area (Å²) in [5, 5.41) is 1.76. The smallest absolute Gasteiger partial charge is 0.253 e. The number of ether oxygens (including phenoxy) is 1. The molecule has 0 aliphatic carbocycles. The van der Waals surface area contributed by atoms with Gasteiger partial charge in [-0.1, -0.05) is 6.42 Å². The molecular formula is C12H17BrN2O3S. The van der Waals surface area contributed by atoms with Gasteiger partial charge in [0.15, 0.2) is 0 Å². The van der Waals surface area contributed by atoms with Gasteiger partial charge in [-0.3, -0.25) is 0 Å². The fourth-order valence-electron chi connectivity index (χ4n) is 2.02. The maximum atomic E-state index is 12.2. The van der Waals surface area contributed by atoms with E-state index in [9.17, 15) is 8.42 Å². The van der Waals surface area contributed by atoms with Gasteiger partial charge in [0.1, 0.15) is 5.75 Å². The van der Waals surface area contributed by atoms with Crippen molar-refractivity contribution in [2.45, 2.75) is 24.2 Å². The van der Waals surface area contributed by atoms with Crippen LogP contribution in [0.5, 0.6) is 5.75 Å². The van der Waals surface area contributed by atoms with E-state index in [1.54, 1.807) is 24.3 Å². The third-order valence-electron chi connectivity index (χ3n) is 3.04. The molecule has 2 rings (SSSR count). The van der Waals surface area contributed by atoms with Gasteiger partial charge in [0, 0.05) is 13.1 Å². The molecule has 19 heavy (non-hydrogen) atoms. The predicted octanol–water partition coefficient (Wildman–Crippen LogP) is 2.14. The molecule has 0 atom stereocenters. The number of methoxy groups -OCH3 is 1. The van der Waals surface area contributed by atoms with Gasteiger partial charge in [0.25, 0.3) is 10.0 Å². The van der Waals surface area contributed by atoms with Crippen LogP contribution < -0.4 is 9.57 Å². The van der Waals surface area contributed by atoms with E-state index in [4.69, 9.17) is 4.74 Å². The van der Waals surface area contributed by atoms with Crippen molar-refractivity contribution in [2.24, 2.45) is 0 Å². The molecule has 1 aromatic carbocycles. The molecule has 7 heteroatoms. The first-order valence-electron chi connectivity index (χ1n) is 6.14. The molecule has 0 bridgehead atoms. The van der Waals surface area contributed by atoms with Gasteiger partial charge in [-0.2, -0.15) is 0 Å². The van der Waals surface area contributed by atoms with Gasteiger partial charge in [-0.25, -0.2) is 13.4 Å². The number of hydrogen-bond acceptors (Lipinski definition) is 4. The first-order valence-corrected chi connectivity index (χ1v) is 8.41. The Balaban J connectivity index is 2.16. The quantitative estimate of drug-likeness (QED) is 0.905. The minimum atomic E-state index is -3.52. The fourth-order valence-corrected chi connectivity index (χ4v) is 3.86. The van der Waals surface area contributed by atoms with Crippen molar-refractivity contribution in [3.05, 3.63) is 22.7 Å². The molecule has 1 fully saturated rings. The molecule has 1 N–H and O–H groups in total. The second-order valence-corrected chi connectivity index (χ2v) is 6.95. The average Bonchev–Trinajstić information content (AvgIpc) is 2.39. The number of benzene rings is 1. The highest BCUT2D eigenvalue weighted by atomic mass is 79.9. The number of nitrogens with zero attached hydrogens (tertiary/aromatic N) is 1. The second-order valence-electron chi connectivity index (χ2n) is 4.44. The van der Waals surface area contributed by atoms with E-state index in [0.717, 1.165) is 32.4 Å². The average molecular weight is 349 g/mol. The number of sulfonamides is 1. The number of hydrogen-bond donors (Lipinski definition) is 1. The predicted molar refractivity (Wildman–Crippen MR) is 76.4 cm³/mol. The molecule has 0 unspecified atom stereocenters. The molecule has 0 spiro atoms. The number of rotatable bonds is 4. The van der Waals surface area contributed by atoms with Crippen LogP contribution in [0.4, 0.5) is 0 Å². The summed E-state index contributed by atoms with van der Waals surface area (Å²) in [7, 11) is -1.98. The lowest BCUT2D eigenvalue weighted by Crippen LogP contribution is -2.44. The molecule has 1 heterocycles. The molecule has 1 aliphatic rings. The molecule has 0 amide bonds. The van der Waals surface area contributed by atoms with Gasteiger partial charge in [0.2, 0.25) is 0 Å². The highest BCUT2D eigenvalue weighted by Crippen LogP contribution is 2.27. The lowest BCUT2D eigenvalue weighted by Gasteiger charge is -2.26. The summed E-state index contributed by atoms with van der Waals surface area (Å²) in [6.07, 6.45) is 3.20. The molecule has 0 aromatic heterocycles. The van der Waals surface area contributed by atoms with Crippen LogP contribution in [0.1, 0.15) is 19.3 Å². The Hall–Kier alpha value is -0.630. The highest BCUT2D eigenvalue weighted by molar-refractivity contribution is 9.10. The lowest BCUT2D eigenvalue weighted by atomic mass is 10.2. The Labute approximate surface area is 122 Å². The summed E-state index contributed by atoms with van der Waals surface area (Å²) in [6, 6.07) is 4.72. The minimum absolute atomic E-state index is 0.228. The van der Waals surface area contributed by atoms with Crippen LogP contribution in [0.3, 0.4) is 0 Å². The number of hydrazine groups is 1. The van der Waals surface area contributed by atoms with E-state index >= 15 is 0 Å². The summed E-state index contributed by atoms with van der Waals surface area (Å²) in [5.41, 5.74) is 0. The van der Waals surface area contributed by atoms with Crippen molar-refractivity contribution in [1.29, 1.82) is 0 Å². The van der Waals surface area contributed by atoms with Crippen molar-refractivity contribution < 1.29 is 13.2 Å². The molecule has 1 aromatic rings. The van der Waals surface area contributed by atoms with Crippen molar-refractivity contribution in [3.8, 4) is 5.75 Å². The molecule has 106 valence electrons. The molecule has 1 aliphatic heterocycles. The first kappa shape index (κ1) is 14.8. The zero-order valence-electron chi connectivity index (χ0n) is 10.7. The monoisotopic (exact) mass is 348 g/mol. The van der Waals surface area contributed by atoms with Crippen LogP contribution in [0, 0.1) is 0 Å². The van der Waals surface area contributed by atoms with Crippen LogP contribution in [0.2, 0.25) is 0 Å². The maximum Gasteiger partial charge on any atom is 0.253 e. The Morgan fingerprint density at radius 1 is 1.26 bits per heavy atom. The Kier molecular flexibility index (Phi) is 4.83. The summed E-state index contributed by atoms with van der Waals surface area (Å²) < 4.78 is 30.2. The Bertz CT molecular complexity index is 542. The Morgan fingerprint density at radius 3 is 2.53 bits per heavy atom. The van der Waals surface area contributed by atoms with E-state index in [-0.39, 0.29) is 4.90 Å². The zero-order chi connectivity index (χ0) is 13.9. The van der Waals surface area contributed by atoms with Crippen molar-refractivity contribution >= 4 is 26.0 Å². The van der Waals surface area contributed by atoms with E-state index in [2.05, 4.69) is 20.8 Å². The van der Waals surface area contributed by atoms with Gasteiger partial charge in [-0.15, -0.1) is 4.83 Å². The minimum Gasteiger partial charge on any atom is -0.496 e. The Morgan fingerprint density at radius 2 is 1.95 bits per heavy atom. The summed E-state index contributed by atoms with van der Waals surface area (Å²) in [6.45, 7) is 1.52. The third-order valence-corrected chi connectivity index (χ3v) is 5.03. The molecule has 0 radical (unpaired) electrons. The van der Waals surface area contributed by atoms with E-state index in [0.29, 0.717) is 10.2 Å². The van der Waals surface area contributed by atoms with Crippen LogP contribution in [0.15, 0.2) is 27.6 Å². The van der Waals surface area contributed by atoms with Gasteiger partial charge >= 0.3 is 0 Å². The fraction of sp³-hybridized carbons (Fsp3) is 0.500. The van der Waals surface area contributed by atoms with Crippen LogP contribution in [0.25, 0.3) is 0 Å². The largest absolute Gasteiger partial charge is 0.496 e. The third kappa shape index (κ3) is 3.68. The second kappa shape index (κ2) is 6.21. The van der Waals surface area contributed by atoms with Crippen LogP contribution >= 0.6 is 15.9 Å². The first-order chi connectivity index (χ1) is 9.03. The SMILES string of the molecule is COc1ccc(S(=O)(=O)NN2CCCCC2)cc1Br. The standard InChI is InChI=1S/C12H17BrN2O3S/c1-18-12-6-5-10(9-11(12)13)19(16,17)14-15-7-3-2-4-8-15/h5-6,9,14H,2-4,7-8H2,1H3. The summed E-state index contributed by atoms with van der Waals surface area (Å²) >= 11 is 3.29. The van der Waals surface area contributed by atoms with Crippen molar-refractivity contribution in [3.63, 3.8) is 0 Å². The van der Waals surface area contributed by atoms with E-state index < -0.39 is 10.0 Å². The molecule has 1 saturated heterocycles. The molecule has 0 saturated carbocycles. The summed E-state index contributed by atoms with van der Waals surface area (Å²) in [4.78, 5) is 2.85. The van der Waals surface area contributed by atoms with Crippen molar-refractivity contribution in [1.82, 2.24) is 9.84 Å². The lowest BCUT2D eigenvalue weighted by molar-refractivity contribution is 0.200. The number of halogens is 1. The normalized spacial score (nSPS) is 17.4. The number of nitrogens with one attached hydrogen (secondary N) is 1. The van der Waals surface area contributed by atoms with Crippen LogP contribution in [-0.2, 0) is 10.0 Å². The van der Waals surface area contributed by atoms with Gasteiger partial charge in [0.05, 0.1) is 16.5 Å². The van der Waals surface area contributed by atoms with E-state index in [1.807, 2.05) is 0 Å². The van der Waals surface area contributed by atoms with Crippen LogP contribution in [-0.4, -0.2) is 33.6 Å². The topological polar surface area (TPSA) is 58.6 Å². The van der Waals surface area contributed by atoms with Gasteiger partial charge in [-0.05, 0) is 47.0 Å². The summed E-state index contributed by atoms with van der Waals surface area (Å²) in [5.74, 6) is 0.608. The maximum absolute atomic E-state index is 12.2. The zero-order valence-corrected chi connectivity index (χ0v) is 13.1.